The van der Waals surface area contributed by atoms with Crippen LogP contribution in [0.4, 0.5) is 14.5 Å². The molecule has 4 aromatic carbocycles. The van der Waals surface area contributed by atoms with E-state index in [1.54, 1.807) is 48.5 Å². The molecular formula is C47H44Cl2F2N4O10. The largest absolute Gasteiger partial charge is 0.504 e. The Kier molecular flexibility index (Phi) is 14.9. The molecule has 0 saturated carbocycles. The van der Waals surface area contributed by atoms with Crippen molar-refractivity contribution in [3.05, 3.63) is 117 Å². The van der Waals surface area contributed by atoms with Gasteiger partial charge in [-0.2, -0.15) is 0 Å². The molecule has 3 saturated heterocycles. The predicted octanol–water partition coefficient (Wildman–Crippen LogP) is 8.20. The average Bonchev–Trinajstić information content (AvgIpc) is 3.28. The molecule has 3 aliphatic heterocycles. The van der Waals surface area contributed by atoms with Gasteiger partial charge in [-0.05, 0) is 60.6 Å². The van der Waals surface area contributed by atoms with E-state index in [1.165, 1.54) is 41.4 Å². The summed E-state index contributed by atoms with van der Waals surface area (Å²) < 4.78 is 27.7. The molecule has 6 N–H and O–H groups in total. The third-order valence-corrected chi connectivity index (χ3v) is 12.1. The maximum atomic E-state index is 13.4. The van der Waals surface area contributed by atoms with Crippen LogP contribution in [-0.4, -0.2) is 67.0 Å². The first-order valence-electron chi connectivity index (χ1n) is 20.7. The van der Waals surface area contributed by atoms with E-state index in [9.17, 15) is 58.0 Å². The molecule has 8 rings (SSSR count). The first-order chi connectivity index (χ1) is 31.1. The molecule has 340 valence electrons. The van der Waals surface area contributed by atoms with E-state index in [4.69, 9.17) is 23.2 Å². The lowest BCUT2D eigenvalue weighted by Gasteiger charge is -2.35. The van der Waals surface area contributed by atoms with Crippen molar-refractivity contribution >= 4 is 58.4 Å². The van der Waals surface area contributed by atoms with Gasteiger partial charge in [-0.3, -0.25) is 44.0 Å². The van der Waals surface area contributed by atoms with Gasteiger partial charge in [-0.1, -0.05) is 91.6 Å². The van der Waals surface area contributed by atoms with E-state index >= 15 is 0 Å². The monoisotopic (exact) mass is 932 g/mol. The summed E-state index contributed by atoms with van der Waals surface area (Å²) in [4.78, 5) is 73.0. The Morgan fingerprint density at radius 2 is 1.15 bits per heavy atom. The van der Waals surface area contributed by atoms with Gasteiger partial charge < -0.3 is 25.3 Å². The second-order valence-corrected chi connectivity index (χ2v) is 15.8. The number of aromatic hydroxyl groups is 4. The number of rotatable bonds is 7. The molecule has 65 heavy (non-hydrogen) atoms. The van der Waals surface area contributed by atoms with Crippen molar-refractivity contribution in [1.29, 1.82) is 0 Å². The second kappa shape index (κ2) is 20.4. The van der Waals surface area contributed by atoms with E-state index < -0.39 is 70.4 Å². The van der Waals surface area contributed by atoms with Crippen LogP contribution < -0.4 is 21.1 Å². The van der Waals surface area contributed by atoms with Crippen molar-refractivity contribution in [2.45, 2.75) is 83.1 Å². The summed E-state index contributed by atoms with van der Waals surface area (Å²) in [6, 6.07) is 19.6. The molecular weight excluding hydrogens is 889 g/mol. The van der Waals surface area contributed by atoms with Crippen molar-refractivity contribution < 1.29 is 53.2 Å². The number of piperidine rings is 3. The quantitative estimate of drug-likeness (QED) is 0.0523. The maximum Gasteiger partial charge on any atom is 0.259 e. The van der Waals surface area contributed by atoms with Crippen LogP contribution in [0, 0.1) is 0 Å². The number of phenolic OH excluding ortho intramolecular Hbond substituents is 4. The number of benzene rings is 4. The Labute approximate surface area is 381 Å². The Morgan fingerprint density at radius 1 is 0.631 bits per heavy atom. The number of hydrogen-bond donors (Lipinski definition) is 6. The summed E-state index contributed by atoms with van der Waals surface area (Å²) in [6.07, 6.45) is 0.601. The van der Waals surface area contributed by atoms with E-state index in [-0.39, 0.29) is 66.0 Å². The van der Waals surface area contributed by atoms with Crippen molar-refractivity contribution in [1.82, 2.24) is 15.2 Å². The Morgan fingerprint density at radius 3 is 1.66 bits per heavy atom. The number of anilines is 1. The standard InChI is InChI=1S/C23H21ClF2N2O3.C22H17ClN2O7.C2H6/c24-21-15(3-1-4-16(21)17-11-12-19(29)27-23(17)31)13-7-9-14(10-8-13)28-18(22(25)26)5-2-6-20(28)30;23-16-10(11-7-8-13(26)24-22(11)32)4-3-5-12(16)15-18(28)20(30)17(21(31)19(15)29)25-9-2-1-6-14(25)27;1-2/h1,3-4,7-10,17-18,22H,2,5-6,11-12H2,(H,27,29,31);1-6,9,11,28-31H,7-8H2,(H,24,26,32);1-2H3. The summed E-state index contributed by atoms with van der Waals surface area (Å²) >= 11 is 13.1. The SMILES string of the molecule is CC.O=C1CCC(c2cccc(-c3c(O)c(O)c(-n4ccccc4=O)c(O)c3O)c2Cl)C(=O)N1.O=C1CCC(c2cccc(-c3ccc(N4C(=O)CCCC4C(F)F)cc3)c2Cl)C(=O)N1. The van der Waals surface area contributed by atoms with E-state index in [0.29, 0.717) is 40.2 Å². The van der Waals surface area contributed by atoms with Crippen LogP contribution in [0.5, 0.6) is 23.0 Å². The molecule has 5 amide bonds. The smallest absolute Gasteiger partial charge is 0.259 e. The molecule has 5 aromatic rings. The second-order valence-electron chi connectivity index (χ2n) is 15.1. The Hall–Kier alpha value is -6.78. The molecule has 3 atom stereocenters. The highest BCUT2D eigenvalue weighted by Gasteiger charge is 2.36. The normalized spacial score (nSPS) is 18.5. The molecule has 1 aromatic heterocycles. The number of imide groups is 2. The van der Waals surface area contributed by atoms with Crippen LogP contribution in [0.25, 0.3) is 27.9 Å². The number of halogens is 4. The summed E-state index contributed by atoms with van der Waals surface area (Å²) in [5.74, 6) is -6.50. The van der Waals surface area contributed by atoms with Crippen LogP contribution in [0.2, 0.25) is 10.0 Å². The summed E-state index contributed by atoms with van der Waals surface area (Å²) in [7, 11) is 0. The molecule has 0 radical (unpaired) electrons. The van der Waals surface area contributed by atoms with E-state index in [2.05, 4.69) is 10.6 Å². The van der Waals surface area contributed by atoms with Gasteiger partial charge in [0.15, 0.2) is 23.0 Å². The first kappa shape index (κ1) is 47.7. The number of carbonyl (C=O) groups excluding carboxylic acids is 5. The number of nitrogens with one attached hydrogen (secondary N) is 2. The van der Waals surface area contributed by atoms with Crippen molar-refractivity contribution in [3.8, 4) is 50.9 Å². The van der Waals surface area contributed by atoms with Crippen LogP contribution in [0.1, 0.15) is 81.8 Å². The Bertz CT molecular complexity index is 2700. The predicted molar refractivity (Wildman–Crippen MR) is 239 cm³/mol. The van der Waals surface area contributed by atoms with Gasteiger partial charge in [-0.25, -0.2) is 8.78 Å². The topological polar surface area (TPSA) is 216 Å². The van der Waals surface area contributed by atoms with Gasteiger partial charge in [0.2, 0.25) is 29.5 Å². The maximum absolute atomic E-state index is 13.4. The lowest BCUT2D eigenvalue weighted by Crippen LogP contribution is -2.47. The van der Waals surface area contributed by atoms with Gasteiger partial charge in [-0.15, -0.1) is 0 Å². The van der Waals surface area contributed by atoms with Gasteiger partial charge >= 0.3 is 0 Å². The number of amides is 5. The summed E-state index contributed by atoms with van der Waals surface area (Å²) in [6.45, 7) is 4.00. The van der Waals surface area contributed by atoms with Crippen LogP contribution in [-0.2, 0) is 24.0 Å². The highest BCUT2D eigenvalue weighted by atomic mass is 35.5. The van der Waals surface area contributed by atoms with Crippen molar-refractivity contribution in [3.63, 3.8) is 0 Å². The van der Waals surface area contributed by atoms with Crippen molar-refractivity contribution in [2.75, 3.05) is 4.90 Å². The molecule has 0 bridgehead atoms. The highest BCUT2D eigenvalue weighted by Crippen LogP contribution is 2.54. The molecule has 4 heterocycles. The zero-order valence-electron chi connectivity index (χ0n) is 35.0. The number of carbonyl (C=O) groups is 5. The van der Waals surface area contributed by atoms with Crippen LogP contribution >= 0.6 is 23.2 Å². The molecule has 0 aliphatic carbocycles. The lowest BCUT2D eigenvalue weighted by molar-refractivity contribution is -0.135. The van der Waals surface area contributed by atoms with E-state index in [1.807, 2.05) is 13.8 Å². The third kappa shape index (κ3) is 9.69. The highest BCUT2D eigenvalue weighted by molar-refractivity contribution is 6.35. The van der Waals surface area contributed by atoms with Gasteiger partial charge in [0.05, 0.1) is 33.5 Å². The van der Waals surface area contributed by atoms with Gasteiger partial charge in [0, 0.05) is 48.3 Å². The Balaban J connectivity index is 0.000000208. The fourth-order valence-electron chi connectivity index (χ4n) is 8.09. The number of phenols is 4. The minimum Gasteiger partial charge on any atom is -0.504 e. The fourth-order valence-corrected chi connectivity index (χ4v) is 8.81. The first-order valence-corrected chi connectivity index (χ1v) is 21.5. The number of hydrogen-bond acceptors (Lipinski definition) is 10. The molecule has 3 unspecified atom stereocenters. The number of pyridine rings is 1. The van der Waals surface area contributed by atoms with E-state index in [0.717, 1.165) is 10.1 Å². The molecule has 3 aliphatic rings. The van der Waals surface area contributed by atoms with Crippen LogP contribution in [0.15, 0.2) is 89.9 Å². The summed E-state index contributed by atoms with van der Waals surface area (Å²) in [5.41, 5.74) is 1.35. The minimum atomic E-state index is -2.61. The summed E-state index contributed by atoms with van der Waals surface area (Å²) in [5, 5.41) is 47.5. The number of nitrogens with zero attached hydrogens (tertiary/aromatic N) is 2. The van der Waals surface area contributed by atoms with Gasteiger partial charge in [0.1, 0.15) is 5.69 Å². The number of alkyl halides is 2. The molecule has 14 nitrogen and oxygen atoms in total. The molecule has 0 spiro atoms. The van der Waals surface area contributed by atoms with Crippen molar-refractivity contribution in [2.24, 2.45) is 0 Å². The van der Waals surface area contributed by atoms with Gasteiger partial charge in [0.25, 0.3) is 12.0 Å². The van der Waals surface area contributed by atoms with Crippen LogP contribution in [0.3, 0.4) is 0 Å². The fraction of sp³-hybridized carbons (Fsp3) is 0.277. The molecule has 3 fully saturated rings. The zero-order valence-corrected chi connectivity index (χ0v) is 36.5. The average molecular weight is 934 g/mol. The molecule has 18 heteroatoms. The zero-order chi connectivity index (χ0) is 47.3. The lowest BCUT2D eigenvalue weighted by atomic mass is 9.88. The number of aromatic nitrogens is 1. The minimum absolute atomic E-state index is 0.0176. The third-order valence-electron chi connectivity index (χ3n) is 11.2.